The highest BCUT2D eigenvalue weighted by Gasteiger charge is 2.20. The van der Waals surface area contributed by atoms with Crippen molar-refractivity contribution in [2.75, 3.05) is 4.90 Å². The van der Waals surface area contributed by atoms with E-state index in [2.05, 4.69) is 229 Å². The number of anilines is 3. The van der Waals surface area contributed by atoms with Crippen LogP contribution in [0.15, 0.2) is 224 Å². The summed E-state index contributed by atoms with van der Waals surface area (Å²) in [7, 11) is 0. The molecule has 0 aliphatic rings. The average molecular weight is 780 g/mol. The van der Waals surface area contributed by atoms with Crippen LogP contribution in [0.4, 0.5) is 17.1 Å². The molecule has 60 heavy (non-hydrogen) atoms. The van der Waals surface area contributed by atoms with Crippen molar-refractivity contribution in [3.05, 3.63) is 224 Å². The fourth-order valence-corrected chi connectivity index (χ4v) is 10.6. The van der Waals surface area contributed by atoms with Crippen LogP contribution in [0.3, 0.4) is 0 Å². The molecule has 0 fully saturated rings. The summed E-state index contributed by atoms with van der Waals surface area (Å²) in [6.07, 6.45) is 0. The van der Waals surface area contributed by atoms with Gasteiger partial charge in [-0.15, -0.1) is 11.3 Å². The Bertz CT molecular complexity index is 3600. The van der Waals surface area contributed by atoms with Crippen LogP contribution in [-0.2, 0) is 0 Å². The number of hydrogen-bond donors (Lipinski definition) is 0. The molecule has 12 rings (SSSR count). The Morgan fingerprint density at radius 2 is 0.883 bits per heavy atom. The summed E-state index contributed by atoms with van der Waals surface area (Å²) in [4.78, 5) is 2.47. The summed E-state index contributed by atoms with van der Waals surface area (Å²) in [6.45, 7) is 0. The number of hydrogen-bond acceptors (Lipinski definition) is 2. The molecule has 0 saturated carbocycles. The summed E-state index contributed by atoms with van der Waals surface area (Å²) in [5, 5.41) is 12.6. The second-order valence-corrected chi connectivity index (χ2v) is 16.7. The third-order valence-corrected chi connectivity index (χ3v) is 13.5. The van der Waals surface area contributed by atoms with Gasteiger partial charge in [0.1, 0.15) is 0 Å². The lowest BCUT2D eigenvalue weighted by molar-refractivity contribution is 1.30. The quantitative estimate of drug-likeness (QED) is 0.152. The van der Waals surface area contributed by atoms with Crippen molar-refractivity contribution in [2.24, 2.45) is 0 Å². The van der Waals surface area contributed by atoms with Crippen LogP contribution < -0.4 is 4.90 Å². The molecule has 0 bridgehead atoms. The Morgan fingerprint density at radius 1 is 0.283 bits per heavy atom. The number of fused-ring (bicyclic) bond motifs is 9. The van der Waals surface area contributed by atoms with E-state index in [0.717, 1.165) is 17.1 Å². The fourth-order valence-electron chi connectivity index (χ4n) is 9.36. The van der Waals surface area contributed by atoms with Crippen molar-refractivity contribution < 1.29 is 0 Å². The highest BCUT2D eigenvalue weighted by Crippen LogP contribution is 2.47. The summed E-state index contributed by atoms with van der Waals surface area (Å²) >= 11 is 1.89. The molecular weight excluding hydrogens is 743 g/mol. The number of nitrogens with zero attached hydrogens (tertiary/aromatic N) is 1. The predicted octanol–water partition coefficient (Wildman–Crippen LogP) is 17.1. The molecule has 0 aliphatic heterocycles. The van der Waals surface area contributed by atoms with E-state index in [4.69, 9.17) is 0 Å². The lowest BCUT2D eigenvalue weighted by atomic mass is 9.90. The van der Waals surface area contributed by atoms with Crippen LogP contribution >= 0.6 is 11.3 Å². The molecule has 11 aromatic carbocycles. The maximum absolute atomic E-state index is 2.47. The van der Waals surface area contributed by atoms with Gasteiger partial charge in [-0.25, -0.2) is 0 Å². The molecule has 1 heterocycles. The van der Waals surface area contributed by atoms with E-state index in [1.54, 1.807) is 0 Å². The molecule has 0 radical (unpaired) electrons. The van der Waals surface area contributed by atoms with Gasteiger partial charge in [-0.3, -0.25) is 0 Å². The van der Waals surface area contributed by atoms with Gasteiger partial charge in [0.15, 0.2) is 0 Å². The topological polar surface area (TPSA) is 3.24 Å². The Balaban J connectivity index is 1.08. The van der Waals surface area contributed by atoms with Gasteiger partial charge in [-0.2, -0.15) is 0 Å². The fraction of sp³-hybridized carbons (Fsp3) is 0. The SMILES string of the molecule is c1ccc(-c2ccc(-c3cccc(N(c4ccc5ccc6c7ccccc7sc6c5c4)c4ccc(-c5cc6ccccc6c6ccccc56)c5ccccc45)c3)cc2)cc1. The zero-order valence-corrected chi connectivity index (χ0v) is 33.5. The van der Waals surface area contributed by atoms with Crippen molar-refractivity contribution in [1.82, 2.24) is 0 Å². The molecule has 0 N–H and O–H groups in total. The average Bonchev–Trinajstić information content (AvgIpc) is 3.71. The van der Waals surface area contributed by atoms with E-state index in [9.17, 15) is 0 Å². The van der Waals surface area contributed by atoms with E-state index >= 15 is 0 Å². The van der Waals surface area contributed by atoms with Crippen molar-refractivity contribution in [3.63, 3.8) is 0 Å². The monoisotopic (exact) mass is 779 g/mol. The molecule has 1 nitrogen and oxygen atoms in total. The van der Waals surface area contributed by atoms with Crippen LogP contribution in [0.2, 0.25) is 0 Å². The molecule has 0 atom stereocenters. The van der Waals surface area contributed by atoms with Crippen molar-refractivity contribution >= 4 is 91.7 Å². The summed E-state index contributed by atoms with van der Waals surface area (Å²) in [6, 6.07) is 82.6. The molecule has 1 aromatic heterocycles. The van der Waals surface area contributed by atoms with Crippen molar-refractivity contribution in [2.45, 2.75) is 0 Å². The Morgan fingerprint density at radius 3 is 1.70 bits per heavy atom. The Hall–Kier alpha value is -7.52. The molecule has 12 aromatic rings. The van der Waals surface area contributed by atoms with Crippen LogP contribution in [-0.4, -0.2) is 0 Å². The standard InChI is InChI=1S/C58H37NS/c1-2-13-38(14-3-1)39-25-27-40(28-26-39)42-16-12-17-44(35-42)59(45-31-29-41-30-32-53-52-23-10-11-24-57(52)60-58(53)54(41)37-45)56-34-33-50(48-20-8-9-22-51(48)56)55-36-43-15-4-5-18-46(43)47-19-6-7-21-49(47)55/h1-37H. The van der Waals surface area contributed by atoms with Crippen LogP contribution in [0.5, 0.6) is 0 Å². The predicted molar refractivity (Wildman–Crippen MR) is 260 cm³/mol. The molecule has 0 saturated heterocycles. The Kier molecular flexibility index (Phi) is 8.11. The molecule has 2 heteroatoms. The maximum Gasteiger partial charge on any atom is 0.0540 e. The lowest BCUT2D eigenvalue weighted by Crippen LogP contribution is -2.11. The minimum Gasteiger partial charge on any atom is -0.310 e. The van der Waals surface area contributed by atoms with Crippen molar-refractivity contribution in [3.8, 4) is 33.4 Å². The first-order chi connectivity index (χ1) is 29.7. The normalized spacial score (nSPS) is 11.7. The minimum absolute atomic E-state index is 1.11. The largest absolute Gasteiger partial charge is 0.310 e. The van der Waals surface area contributed by atoms with E-state index < -0.39 is 0 Å². The first kappa shape index (κ1) is 34.5. The molecular formula is C58H37NS. The van der Waals surface area contributed by atoms with Gasteiger partial charge in [0, 0.05) is 42.3 Å². The van der Waals surface area contributed by atoms with E-state index in [1.807, 2.05) is 11.3 Å². The summed E-state index contributed by atoms with van der Waals surface area (Å²) in [5.41, 5.74) is 10.6. The van der Waals surface area contributed by atoms with E-state index in [1.165, 1.54) is 96.6 Å². The number of benzene rings is 11. The Labute approximate surface area is 352 Å². The second kappa shape index (κ2) is 14.1. The highest BCUT2D eigenvalue weighted by atomic mass is 32.1. The summed E-state index contributed by atoms with van der Waals surface area (Å²) < 4.78 is 2.64. The van der Waals surface area contributed by atoms with Crippen LogP contribution in [0.1, 0.15) is 0 Å². The second-order valence-electron chi connectivity index (χ2n) is 15.6. The summed E-state index contributed by atoms with van der Waals surface area (Å²) in [5.74, 6) is 0. The number of rotatable bonds is 6. The molecule has 0 amide bonds. The minimum atomic E-state index is 1.11. The smallest absolute Gasteiger partial charge is 0.0540 e. The third kappa shape index (κ3) is 5.68. The van der Waals surface area contributed by atoms with E-state index in [0.29, 0.717) is 0 Å². The van der Waals surface area contributed by atoms with Crippen LogP contribution in [0, 0.1) is 0 Å². The van der Waals surface area contributed by atoms with E-state index in [-0.39, 0.29) is 0 Å². The zero-order chi connectivity index (χ0) is 39.6. The maximum atomic E-state index is 2.47. The first-order valence-electron chi connectivity index (χ1n) is 20.6. The molecule has 0 unspecified atom stereocenters. The zero-order valence-electron chi connectivity index (χ0n) is 32.7. The molecule has 0 aliphatic carbocycles. The number of thiophene rings is 1. The van der Waals surface area contributed by atoms with Gasteiger partial charge in [0.05, 0.1) is 5.69 Å². The molecule has 0 spiro atoms. The van der Waals surface area contributed by atoms with Gasteiger partial charge in [0.25, 0.3) is 0 Å². The van der Waals surface area contributed by atoms with Gasteiger partial charge >= 0.3 is 0 Å². The first-order valence-corrected chi connectivity index (χ1v) is 21.4. The molecule has 280 valence electrons. The van der Waals surface area contributed by atoms with Crippen LogP contribution in [0.25, 0.3) is 96.6 Å². The van der Waals surface area contributed by atoms with Gasteiger partial charge in [-0.1, -0.05) is 182 Å². The van der Waals surface area contributed by atoms with Gasteiger partial charge < -0.3 is 4.90 Å². The van der Waals surface area contributed by atoms with Gasteiger partial charge in [-0.05, 0) is 108 Å². The third-order valence-electron chi connectivity index (χ3n) is 12.2. The van der Waals surface area contributed by atoms with Gasteiger partial charge in [0.2, 0.25) is 0 Å². The van der Waals surface area contributed by atoms with Crippen molar-refractivity contribution in [1.29, 1.82) is 0 Å². The highest BCUT2D eigenvalue weighted by molar-refractivity contribution is 7.26. The lowest BCUT2D eigenvalue weighted by Gasteiger charge is -2.28.